The van der Waals surface area contributed by atoms with Crippen molar-refractivity contribution in [2.75, 3.05) is 14.2 Å². The van der Waals surface area contributed by atoms with Gasteiger partial charge in [-0.15, -0.1) is 0 Å². The maximum Gasteiger partial charge on any atom is 0.159 e. The molecule has 0 heterocycles. The summed E-state index contributed by atoms with van der Waals surface area (Å²) in [6.07, 6.45) is 0.234. The van der Waals surface area contributed by atoms with Gasteiger partial charge in [-0.25, -0.2) is 0 Å². The van der Waals surface area contributed by atoms with E-state index in [1.54, 1.807) is 14.2 Å². The molecular formula is C9H18N2O2. The van der Waals surface area contributed by atoms with Gasteiger partial charge in [0, 0.05) is 26.7 Å². The van der Waals surface area contributed by atoms with Crippen LogP contribution in [0, 0.1) is 11.3 Å². The minimum absolute atomic E-state index is 0.218. The Balaban J connectivity index is 3.90. The highest BCUT2D eigenvalue weighted by atomic mass is 16.7. The first-order valence-corrected chi connectivity index (χ1v) is 4.35. The van der Waals surface area contributed by atoms with Gasteiger partial charge in [0.05, 0.1) is 6.07 Å². The van der Waals surface area contributed by atoms with E-state index in [0.717, 1.165) is 0 Å². The van der Waals surface area contributed by atoms with Crippen molar-refractivity contribution >= 4 is 0 Å². The summed E-state index contributed by atoms with van der Waals surface area (Å²) < 4.78 is 10.0. The van der Waals surface area contributed by atoms with Crippen LogP contribution in [-0.2, 0) is 9.47 Å². The molecule has 0 rings (SSSR count). The Morgan fingerprint density at radius 1 is 1.31 bits per heavy atom. The van der Waals surface area contributed by atoms with Crippen LogP contribution < -0.4 is 5.32 Å². The Morgan fingerprint density at radius 3 is 2.15 bits per heavy atom. The molecule has 0 spiro atoms. The van der Waals surface area contributed by atoms with Gasteiger partial charge in [0.25, 0.3) is 0 Å². The molecule has 0 aliphatic heterocycles. The van der Waals surface area contributed by atoms with Crippen LogP contribution in [0.5, 0.6) is 0 Å². The fourth-order valence-electron chi connectivity index (χ4n) is 1.04. The van der Waals surface area contributed by atoms with Gasteiger partial charge in [-0.3, -0.25) is 5.32 Å². The minimum Gasteiger partial charge on any atom is -0.356 e. The zero-order chi connectivity index (χ0) is 10.3. The van der Waals surface area contributed by atoms with E-state index in [2.05, 4.69) is 11.4 Å². The molecule has 0 aliphatic carbocycles. The summed E-state index contributed by atoms with van der Waals surface area (Å²) in [6, 6.07) is 2.23. The maximum absolute atomic E-state index is 8.79. The lowest BCUT2D eigenvalue weighted by Gasteiger charge is -2.19. The molecule has 4 heteroatoms. The van der Waals surface area contributed by atoms with E-state index in [0.29, 0.717) is 12.5 Å². The van der Waals surface area contributed by atoms with E-state index in [1.165, 1.54) is 0 Å². The summed E-state index contributed by atoms with van der Waals surface area (Å²) in [5.74, 6) is 0. The second-order valence-electron chi connectivity index (χ2n) is 3.14. The van der Waals surface area contributed by atoms with Crippen LogP contribution in [0.4, 0.5) is 0 Å². The van der Waals surface area contributed by atoms with Crippen LogP contribution in [0.3, 0.4) is 0 Å². The van der Waals surface area contributed by atoms with E-state index >= 15 is 0 Å². The van der Waals surface area contributed by atoms with Crippen LogP contribution in [0.15, 0.2) is 0 Å². The topological polar surface area (TPSA) is 54.3 Å². The maximum atomic E-state index is 8.79. The van der Waals surface area contributed by atoms with Crippen molar-refractivity contribution in [1.29, 1.82) is 5.26 Å². The molecule has 76 valence electrons. The third-order valence-electron chi connectivity index (χ3n) is 1.64. The monoisotopic (exact) mass is 186 g/mol. The molecule has 0 saturated carbocycles. The standard InChI is InChI=1S/C9H18N2O2/c1-7(2)11-8(6-10)5-9(12-3)13-4/h7-9,11H,5H2,1-4H3. The Hall–Kier alpha value is -0.630. The Kier molecular flexibility index (Phi) is 6.51. The molecule has 0 aromatic carbocycles. The van der Waals surface area contributed by atoms with Gasteiger partial charge < -0.3 is 9.47 Å². The summed E-state index contributed by atoms with van der Waals surface area (Å²) in [5.41, 5.74) is 0. The molecule has 0 aromatic heterocycles. The van der Waals surface area contributed by atoms with Crippen LogP contribution in [-0.4, -0.2) is 32.6 Å². The van der Waals surface area contributed by atoms with E-state index in [4.69, 9.17) is 14.7 Å². The normalized spacial score (nSPS) is 13.3. The summed E-state index contributed by atoms with van der Waals surface area (Å²) in [6.45, 7) is 4.00. The molecule has 1 N–H and O–H groups in total. The first kappa shape index (κ1) is 12.4. The summed E-state index contributed by atoms with van der Waals surface area (Å²) >= 11 is 0. The average Bonchev–Trinajstić information content (AvgIpc) is 2.11. The van der Waals surface area contributed by atoms with Gasteiger partial charge in [0.2, 0.25) is 0 Å². The lowest BCUT2D eigenvalue weighted by molar-refractivity contribution is -0.108. The van der Waals surface area contributed by atoms with Crippen molar-refractivity contribution in [1.82, 2.24) is 5.32 Å². The van der Waals surface area contributed by atoms with Crippen molar-refractivity contribution in [2.45, 2.75) is 38.6 Å². The summed E-state index contributed by atoms with van der Waals surface area (Å²) in [7, 11) is 3.13. The summed E-state index contributed by atoms with van der Waals surface area (Å²) in [5, 5.41) is 11.9. The molecule has 0 fully saturated rings. The van der Waals surface area contributed by atoms with Gasteiger partial charge in [-0.05, 0) is 13.8 Å². The van der Waals surface area contributed by atoms with Crippen LogP contribution in [0.25, 0.3) is 0 Å². The van der Waals surface area contributed by atoms with Crippen molar-refractivity contribution in [3.8, 4) is 6.07 Å². The van der Waals surface area contributed by atoms with Crippen molar-refractivity contribution in [3.05, 3.63) is 0 Å². The van der Waals surface area contributed by atoms with Crippen LogP contribution >= 0.6 is 0 Å². The lowest BCUT2D eigenvalue weighted by atomic mass is 10.2. The fraction of sp³-hybridized carbons (Fsp3) is 0.889. The zero-order valence-electron chi connectivity index (χ0n) is 8.70. The molecule has 0 saturated heterocycles. The molecule has 0 radical (unpaired) electrons. The van der Waals surface area contributed by atoms with Crippen molar-refractivity contribution in [3.63, 3.8) is 0 Å². The number of ether oxygens (including phenoxy) is 2. The van der Waals surface area contributed by atoms with Crippen LogP contribution in [0.2, 0.25) is 0 Å². The first-order valence-electron chi connectivity index (χ1n) is 4.35. The lowest BCUT2D eigenvalue weighted by Crippen LogP contribution is -2.37. The molecule has 1 atom stereocenters. The number of methoxy groups -OCH3 is 2. The number of nitrogens with zero attached hydrogens (tertiary/aromatic N) is 1. The smallest absolute Gasteiger partial charge is 0.159 e. The molecule has 1 unspecified atom stereocenters. The van der Waals surface area contributed by atoms with Gasteiger partial charge >= 0.3 is 0 Å². The quantitative estimate of drug-likeness (QED) is 0.626. The zero-order valence-corrected chi connectivity index (χ0v) is 8.70. The SMILES string of the molecule is COC(CC(C#N)NC(C)C)OC. The Labute approximate surface area is 79.8 Å². The van der Waals surface area contributed by atoms with E-state index in [-0.39, 0.29) is 12.3 Å². The predicted octanol–water partition coefficient (Wildman–Crippen LogP) is 0.886. The number of rotatable bonds is 6. The molecule has 0 amide bonds. The Morgan fingerprint density at radius 2 is 1.85 bits per heavy atom. The molecule has 4 nitrogen and oxygen atoms in total. The molecule has 0 aliphatic rings. The van der Waals surface area contributed by atoms with Crippen molar-refractivity contribution < 1.29 is 9.47 Å². The molecule has 0 bridgehead atoms. The predicted molar refractivity (Wildman–Crippen MR) is 50.1 cm³/mol. The largest absolute Gasteiger partial charge is 0.356 e. The van der Waals surface area contributed by atoms with Gasteiger partial charge in [0.1, 0.15) is 6.04 Å². The number of hydrogen-bond donors (Lipinski definition) is 1. The van der Waals surface area contributed by atoms with E-state index < -0.39 is 0 Å². The summed E-state index contributed by atoms with van der Waals surface area (Å²) in [4.78, 5) is 0. The average molecular weight is 186 g/mol. The fourth-order valence-corrected chi connectivity index (χ4v) is 1.04. The third-order valence-corrected chi connectivity index (χ3v) is 1.64. The molecular weight excluding hydrogens is 168 g/mol. The van der Waals surface area contributed by atoms with E-state index in [1.807, 2.05) is 13.8 Å². The van der Waals surface area contributed by atoms with Crippen molar-refractivity contribution in [2.24, 2.45) is 0 Å². The first-order chi connectivity index (χ1) is 6.13. The highest BCUT2D eigenvalue weighted by molar-refractivity contribution is 4.91. The van der Waals surface area contributed by atoms with E-state index in [9.17, 15) is 0 Å². The molecule has 13 heavy (non-hydrogen) atoms. The number of nitriles is 1. The molecule has 0 aromatic rings. The van der Waals surface area contributed by atoms with Gasteiger partial charge in [-0.2, -0.15) is 5.26 Å². The minimum atomic E-state index is -0.309. The second-order valence-corrected chi connectivity index (χ2v) is 3.14. The highest BCUT2D eigenvalue weighted by Crippen LogP contribution is 2.02. The second kappa shape index (κ2) is 6.84. The Bertz CT molecular complexity index is 161. The number of hydrogen-bond acceptors (Lipinski definition) is 4. The number of nitrogens with one attached hydrogen (secondary N) is 1. The third kappa shape index (κ3) is 5.58. The van der Waals surface area contributed by atoms with Crippen LogP contribution in [0.1, 0.15) is 20.3 Å². The highest BCUT2D eigenvalue weighted by Gasteiger charge is 2.15. The van der Waals surface area contributed by atoms with Gasteiger partial charge in [0.15, 0.2) is 6.29 Å². The van der Waals surface area contributed by atoms with Gasteiger partial charge in [-0.1, -0.05) is 0 Å².